The fourth-order valence-electron chi connectivity index (χ4n) is 3.81. The molecule has 1 aromatic carbocycles. The lowest BCUT2D eigenvalue weighted by Gasteiger charge is -2.36. The zero-order valence-corrected chi connectivity index (χ0v) is 20.6. The lowest BCUT2D eigenvalue weighted by atomic mass is 10.0. The van der Waals surface area contributed by atoms with Gasteiger partial charge in [-0.3, -0.25) is 9.59 Å². The van der Waals surface area contributed by atoms with E-state index in [1.165, 1.54) is 0 Å². The number of methoxy groups -OCH3 is 1. The Morgan fingerprint density at radius 2 is 1.94 bits per heavy atom. The molecule has 9 nitrogen and oxygen atoms in total. The van der Waals surface area contributed by atoms with Crippen LogP contribution in [0.25, 0.3) is 0 Å². The quantitative estimate of drug-likeness (QED) is 0.701. The molecule has 2 rings (SSSR count). The van der Waals surface area contributed by atoms with E-state index in [2.05, 4.69) is 10.6 Å². The normalized spacial score (nSPS) is 21.9. The molecule has 0 unspecified atom stereocenters. The number of amides is 4. The molecule has 0 saturated carbocycles. The van der Waals surface area contributed by atoms with Gasteiger partial charge >= 0.3 is 6.03 Å². The molecule has 3 atom stereocenters. The molecule has 0 bridgehead atoms. The van der Waals surface area contributed by atoms with Crippen molar-refractivity contribution in [2.45, 2.75) is 52.7 Å². The second kappa shape index (κ2) is 12.4. The minimum Gasteiger partial charge on any atom is -0.491 e. The predicted octanol–water partition coefficient (Wildman–Crippen LogP) is 2.96. The molecule has 2 N–H and O–H groups in total. The second-order valence-corrected chi connectivity index (χ2v) is 8.59. The predicted molar refractivity (Wildman–Crippen MR) is 128 cm³/mol. The highest BCUT2D eigenvalue weighted by molar-refractivity contribution is 5.98. The van der Waals surface area contributed by atoms with Crippen LogP contribution in [0.5, 0.6) is 5.75 Å². The molecular formula is C24H38N4O5. The number of hydrogen-bond donors (Lipinski definition) is 2. The standard InChI is InChI=1S/C24H38N4O5/c1-7-11-25-24(31)26-18-9-10-19-20(12-18)33-15-17(4)28(22(29)8-2)13-16(3)21(32-6)14-27(5)23(19)30/h9-10,12,16-17,21H,7-8,11,13-15H2,1-6H3,(H2,25,26,31)/t16-,17-,21+/m1/s1. The molecule has 0 fully saturated rings. The van der Waals surface area contributed by atoms with E-state index in [9.17, 15) is 14.4 Å². The van der Waals surface area contributed by atoms with Crippen molar-refractivity contribution in [3.8, 4) is 5.75 Å². The molecule has 4 amide bonds. The molecule has 0 aliphatic carbocycles. The minimum atomic E-state index is -0.321. The number of carbonyl (C=O) groups is 3. The van der Waals surface area contributed by atoms with Crippen LogP contribution in [0.1, 0.15) is 50.9 Å². The van der Waals surface area contributed by atoms with E-state index in [0.29, 0.717) is 43.1 Å². The summed E-state index contributed by atoms with van der Waals surface area (Å²) in [5, 5.41) is 5.52. The number of nitrogens with one attached hydrogen (secondary N) is 2. The van der Waals surface area contributed by atoms with Gasteiger partial charge in [-0.1, -0.05) is 20.8 Å². The first-order chi connectivity index (χ1) is 15.7. The fourth-order valence-corrected chi connectivity index (χ4v) is 3.81. The van der Waals surface area contributed by atoms with Gasteiger partial charge in [0.2, 0.25) is 5.91 Å². The summed E-state index contributed by atoms with van der Waals surface area (Å²) in [6, 6.07) is 4.45. The van der Waals surface area contributed by atoms with Crippen LogP contribution in [0.4, 0.5) is 10.5 Å². The summed E-state index contributed by atoms with van der Waals surface area (Å²) in [7, 11) is 3.35. The molecule has 0 radical (unpaired) electrons. The number of fused-ring (bicyclic) bond motifs is 1. The molecule has 1 heterocycles. The number of benzene rings is 1. The lowest BCUT2D eigenvalue weighted by molar-refractivity contribution is -0.135. The van der Waals surface area contributed by atoms with E-state index in [-0.39, 0.29) is 42.5 Å². The summed E-state index contributed by atoms with van der Waals surface area (Å²) in [5.41, 5.74) is 0.906. The third-order valence-electron chi connectivity index (χ3n) is 5.86. The van der Waals surface area contributed by atoms with Crippen LogP contribution in [0.15, 0.2) is 18.2 Å². The molecule has 0 aromatic heterocycles. The van der Waals surface area contributed by atoms with Crippen molar-refractivity contribution in [2.24, 2.45) is 5.92 Å². The van der Waals surface area contributed by atoms with E-state index in [1.54, 1.807) is 37.3 Å². The zero-order chi connectivity index (χ0) is 24.5. The molecule has 33 heavy (non-hydrogen) atoms. The van der Waals surface area contributed by atoms with Crippen LogP contribution in [0, 0.1) is 5.92 Å². The first-order valence-electron chi connectivity index (χ1n) is 11.6. The van der Waals surface area contributed by atoms with Crippen LogP contribution in [-0.2, 0) is 9.53 Å². The Kier molecular flexibility index (Phi) is 9.96. The Morgan fingerprint density at radius 3 is 2.58 bits per heavy atom. The molecule has 1 aromatic rings. The zero-order valence-electron chi connectivity index (χ0n) is 20.6. The number of rotatable bonds is 5. The summed E-state index contributed by atoms with van der Waals surface area (Å²) in [4.78, 5) is 41.4. The lowest BCUT2D eigenvalue weighted by Crippen LogP contribution is -2.48. The first-order valence-corrected chi connectivity index (χ1v) is 11.6. The number of carbonyl (C=O) groups excluding carboxylic acids is 3. The maximum absolute atomic E-state index is 13.2. The van der Waals surface area contributed by atoms with Crippen molar-refractivity contribution in [3.05, 3.63) is 23.8 Å². The average molecular weight is 463 g/mol. The van der Waals surface area contributed by atoms with Crippen LogP contribution < -0.4 is 15.4 Å². The number of anilines is 1. The van der Waals surface area contributed by atoms with Crippen molar-refractivity contribution in [3.63, 3.8) is 0 Å². The smallest absolute Gasteiger partial charge is 0.319 e. The average Bonchev–Trinajstić information content (AvgIpc) is 2.81. The summed E-state index contributed by atoms with van der Waals surface area (Å²) in [6.45, 7) is 9.43. The van der Waals surface area contributed by atoms with Crippen LogP contribution >= 0.6 is 0 Å². The van der Waals surface area contributed by atoms with E-state index in [0.717, 1.165) is 6.42 Å². The van der Waals surface area contributed by atoms with E-state index < -0.39 is 0 Å². The Balaban J connectivity index is 2.39. The SMILES string of the molecule is CCCNC(=O)Nc1ccc2c(c1)OC[C@@H](C)N(C(=O)CC)C[C@@H](C)[C@@H](OC)CN(C)C2=O. The van der Waals surface area contributed by atoms with E-state index >= 15 is 0 Å². The monoisotopic (exact) mass is 462 g/mol. The van der Waals surface area contributed by atoms with Gasteiger partial charge in [0.05, 0.1) is 17.7 Å². The number of urea groups is 1. The van der Waals surface area contributed by atoms with Gasteiger partial charge in [-0.15, -0.1) is 0 Å². The van der Waals surface area contributed by atoms with E-state index in [4.69, 9.17) is 9.47 Å². The third-order valence-corrected chi connectivity index (χ3v) is 5.86. The van der Waals surface area contributed by atoms with Gasteiger partial charge in [0.25, 0.3) is 5.91 Å². The summed E-state index contributed by atoms with van der Waals surface area (Å²) < 4.78 is 11.8. The van der Waals surface area contributed by atoms with Gasteiger partial charge in [-0.2, -0.15) is 0 Å². The molecule has 184 valence electrons. The Labute approximate surface area is 196 Å². The maximum atomic E-state index is 13.2. The van der Waals surface area contributed by atoms with Crippen LogP contribution in [0.2, 0.25) is 0 Å². The molecule has 0 saturated heterocycles. The molecule has 1 aliphatic heterocycles. The van der Waals surface area contributed by atoms with Gasteiger partial charge in [0, 0.05) is 57.9 Å². The van der Waals surface area contributed by atoms with Crippen LogP contribution in [0.3, 0.4) is 0 Å². The Bertz CT molecular complexity index is 831. The largest absolute Gasteiger partial charge is 0.491 e. The highest BCUT2D eigenvalue weighted by atomic mass is 16.5. The molecule has 1 aliphatic rings. The third kappa shape index (κ3) is 7.08. The van der Waals surface area contributed by atoms with Crippen LogP contribution in [-0.4, -0.2) is 80.2 Å². The number of ether oxygens (including phenoxy) is 2. The molecular weight excluding hydrogens is 424 g/mol. The number of likely N-dealkylation sites (N-methyl/N-ethyl adjacent to an activating group) is 1. The molecule has 9 heteroatoms. The van der Waals surface area contributed by atoms with Gasteiger partial charge < -0.3 is 29.9 Å². The van der Waals surface area contributed by atoms with Gasteiger partial charge in [-0.05, 0) is 25.5 Å². The van der Waals surface area contributed by atoms with Crippen molar-refractivity contribution < 1.29 is 23.9 Å². The van der Waals surface area contributed by atoms with Crippen molar-refractivity contribution in [1.29, 1.82) is 0 Å². The highest BCUT2D eigenvalue weighted by Gasteiger charge is 2.29. The first kappa shape index (κ1) is 26.4. The maximum Gasteiger partial charge on any atom is 0.319 e. The topological polar surface area (TPSA) is 100 Å². The summed E-state index contributed by atoms with van der Waals surface area (Å²) in [5.74, 6) is 0.224. The van der Waals surface area contributed by atoms with Crippen molar-refractivity contribution in [1.82, 2.24) is 15.1 Å². The van der Waals surface area contributed by atoms with Crippen molar-refractivity contribution >= 4 is 23.5 Å². The summed E-state index contributed by atoms with van der Waals surface area (Å²) >= 11 is 0. The minimum absolute atomic E-state index is 0.0234. The Hall–Kier alpha value is -2.81. The van der Waals surface area contributed by atoms with Gasteiger partial charge in [-0.25, -0.2) is 4.79 Å². The number of nitrogens with zero attached hydrogens (tertiary/aromatic N) is 2. The number of hydrogen-bond acceptors (Lipinski definition) is 5. The fraction of sp³-hybridized carbons (Fsp3) is 0.625. The van der Waals surface area contributed by atoms with E-state index in [1.807, 2.05) is 32.6 Å². The Morgan fingerprint density at radius 1 is 1.21 bits per heavy atom. The molecule has 0 spiro atoms. The van der Waals surface area contributed by atoms with Gasteiger partial charge in [0.1, 0.15) is 12.4 Å². The van der Waals surface area contributed by atoms with Gasteiger partial charge in [0.15, 0.2) is 0 Å². The van der Waals surface area contributed by atoms with Crippen molar-refractivity contribution in [2.75, 3.05) is 45.7 Å². The highest BCUT2D eigenvalue weighted by Crippen LogP contribution is 2.27. The second-order valence-electron chi connectivity index (χ2n) is 8.59. The summed E-state index contributed by atoms with van der Waals surface area (Å²) in [6.07, 6.45) is 0.989.